The number of aromatic nitrogens is 4. The summed E-state index contributed by atoms with van der Waals surface area (Å²) in [5, 5.41) is 3.93. The second kappa shape index (κ2) is 6.48. The quantitative estimate of drug-likeness (QED) is 0.677. The van der Waals surface area contributed by atoms with E-state index in [4.69, 9.17) is 11.6 Å². The van der Waals surface area contributed by atoms with Crippen LogP contribution in [0, 0.1) is 6.92 Å². The van der Waals surface area contributed by atoms with E-state index in [0.29, 0.717) is 11.1 Å². The van der Waals surface area contributed by atoms with Crippen LogP contribution in [0.25, 0.3) is 5.69 Å². The number of halogens is 1. The SMILES string of the molecule is Cc1nccn1-c1ccc(C(C)Nc2cc(Cl)nc(C3CC3)n2)cc1. The molecule has 1 unspecified atom stereocenters. The molecule has 1 aliphatic rings. The monoisotopic (exact) mass is 353 g/mol. The topological polar surface area (TPSA) is 55.6 Å². The van der Waals surface area contributed by atoms with Crippen LogP contribution >= 0.6 is 11.6 Å². The highest BCUT2D eigenvalue weighted by atomic mass is 35.5. The molecule has 3 aromatic rings. The van der Waals surface area contributed by atoms with Gasteiger partial charge in [-0.1, -0.05) is 23.7 Å². The van der Waals surface area contributed by atoms with Gasteiger partial charge in [0.2, 0.25) is 0 Å². The largest absolute Gasteiger partial charge is 0.363 e. The van der Waals surface area contributed by atoms with Crippen LogP contribution in [0.5, 0.6) is 0 Å². The van der Waals surface area contributed by atoms with Gasteiger partial charge in [-0.2, -0.15) is 0 Å². The molecule has 0 spiro atoms. The van der Waals surface area contributed by atoms with Crippen LogP contribution in [0.3, 0.4) is 0 Å². The Hall–Kier alpha value is -2.40. The number of hydrogen-bond donors (Lipinski definition) is 1. The van der Waals surface area contributed by atoms with Crippen molar-refractivity contribution in [1.29, 1.82) is 0 Å². The van der Waals surface area contributed by atoms with E-state index >= 15 is 0 Å². The molecule has 0 amide bonds. The fourth-order valence-electron chi connectivity index (χ4n) is 2.91. The van der Waals surface area contributed by atoms with Crippen molar-refractivity contribution in [2.45, 2.75) is 38.6 Å². The van der Waals surface area contributed by atoms with Crippen molar-refractivity contribution < 1.29 is 0 Å². The molecule has 4 rings (SSSR count). The number of nitrogens with zero attached hydrogens (tertiary/aromatic N) is 4. The lowest BCUT2D eigenvalue weighted by Gasteiger charge is -2.16. The number of hydrogen-bond acceptors (Lipinski definition) is 4. The molecule has 1 N–H and O–H groups in total. The highest BCUT2D eigenvalue weighted by Gasteiger charge is 2.27. The second-order valence-corrected chi connectivity index (χ2v) is 6.90. The van der Waals surface area contributed by atoms with Gasteiger partial charge in [-0.15, -0.1) is 0 Å². The summed E-state index contributed by atoms with van der Waals surface area (Å²) in [5.74, 6) is 3.09. The van der Waals surface area contributed by atoms with Crippen LogP contribution in [-0.4, -0.2) is 19.5 Å². The first-order valence-corrected chi connectivity index (χ1v) is 8.89. The van der Waals surface area contributed by atoms with Crippen molar-refractivity contribution >= 4 is 17.4 Å². The smallest absolute Gasteiger partial charge is 0.135 e. The fourth-order valence-corrected chi connectivity index (χ4v) is 3.10. The zero-order chi connectivity index (χ0) is 17.4. The molecular formula is C19H20ClN5. The number of aryl methyl sites for hydroxylation is 1. The predicted molar refractivity (Wildman–Crippen MR) is 99.4 cm³/mol. The highest BCUT2D eigenvalue weighted by Crippen LogP contribution is 2.39. The molecule has 1 aliphatic carbocycles. The first-order chi connectivity index (χ1) is 12.1. The van der Waals surface area contributed by atoms with Gasteiger partial charge in [0.25, 0.3) is 0 Å². The lowest BCUT2D eigenvalue weighted by molar-refractivity contribution is 0.852. The van der Waals surface area contributed by atoms with Gasteiger partial charge in [0.05, 0.1) is 0 Å². The van der Waals surface area contributed by atoms with E-state index in [2.05, 4.69) is 56.0 Å². The van der Waals surface area contributed by atoms with Gasteiger partial charge in [0.15, 0.2) is 0 Å². The molecule has 1 atom stereocenters. The summed E-state index contributed by atoms with van der Waals surface area (Å²) in [6.07, 6.45) is 6.09. The van der Waals surface area contributed by atoms with Crippen LogP contribution in [-0.2, 0) is 0 Å². The molecule has 5 nitrogen and oxygen atoms in total. The fraction of sp³-hybridized carbons (Fsp3) is 0.316. The van der Waals surface area contributed by atoms with E-state index in [1.807, 2.05) is 19.3 Å². The van der Waals surface area contributed by atoms with Gasteiger partial charge in [-0.25, -0.2) is 15.0 Å². The third-order valence-electron chi connectivity index (χ3n) is 4.52. The summed E-state index contributed by atoms with van der Waals surface area (Å²) in [6, 6.07) is 10.4. The van der Waals surface area contributed by atoms with Gasteiger partial charge >= 0.3 is 0 Å². The van der Waals surface area contributed by atoms with Crippen LogP contribution in [0.15, 0.2) is 42.7 Å². The molecule has 1 saturated carbocycles. The average Bonchev–Trinajstić information content (AvgIpc) is 3.36. The Balaban J connectivity index is 1.51. The zero-order valence-electron chi connectivity index (χ0n) is 14.3. The third-order valence-corrected chi connectivity index (χ3v) is 4.71. The van der Waals surface area contributed by atoms with Gasteiger partial charge < -0.3 is 9.88 Å². The maximum atomic E-state index is 6.14. The number of nitrogens with one attached hydrogen (secondary N) is 1. The Morgan fingerprint density at radius 2 is 1.96 bits per heavy atom. The number of benzene rings is 1. The van der Waals surface area contributed by atoms with Crippen molar-refractivity contribution in [3.05, 3.63) is 65.1 Å². The summed E-state index contributed by atoms with van der Waals surface area (Å²) in [6.45, 7) is 4.11. The molecule has 25 heavy (non-hydrogen) atoms. The Bertz CT molecular complexity index is 883. The average molecular weight is 354 g/mol. The minimum atomic E-state index is 0.121. The molecule has 0 radical (unpaired) electrons. The molecule has 2 heterocycles. The minimum Gasteiger partial charge on any atom is -0.363 e. The van der Waals surface area contributed by atoms with E-state index in [9.17, 15) is 0 Å². The molecule has 6 heteroatoms. The van der Waals surface area contributed by atoms with Gasteiger partial charge in [-0.3, -0.25) is 0 Å². The maximum Gasteiger partial charge on any atom is 0.135 e. The van der Waals surface area contributed by atoms with E-state index in [1.165, 1.54) is 5.56 Å². The number of imidazole rings is 1. The molecule has 0 aliphatic heterocycles. The van der Waals surface area contributed by atoms with E-state index in [-0.39, 0.29) is 6.04 Å². The summed E-state index contributed by atoms with van der Waals surface area (Å²) >= 11 is 6.14. The maximum absolute atomic E-state index is 6.14. The Morgan fingerprint density at radius 3 is 2.60 bits per heavy atom. The van der Waals surface area contributed by atoms with Gasteiger partial charge in [0, 0.05) is 36.1 Å². The van der Waals surface area contributed by atoms with Crippen molar-refractivity contribution in [1.82, 2.24) is 19.5 Å². The van der Waals surface area contributed by atoms with Crippen LogP contribution in [0.4, 0.5) is 5.82 Å². The first-order valence-electron chi connectivity index (χ1n) is 8.51. The zero-order valence-corrected chi connectivity index (χ0v) is 15.0. The number of rotatable bonds is 5. The lowest BCUT2D eigenvalue weighted by Crippen LogP contribution is -2.09. The van der Waals surface area contributed by atoms with E-state index in [0.717, 1.165) is 36.0 Å². The predicted octanol–water partition coefficient (Wildman–Crippen LogP) is 4.67. The van der Waals surface area contributed by atoms with Gasteiger partial charge in [-0.05, 0) is 44.4 Å². The molecule has 1 fully saturated rings. The Kier molecular flexibility index (Phi) is 4.17. The normalized spacial score (nSPS) is 15.2. The Labute approximate surface area is 152 Å². The first kappa shape index (κ1) is 16.1. The second-order valence-electron chi connectivity index (χ2n) is 6.51. The Morgan fingerprint density at radius 1 is 1.20 bits per heavy atom. The molecule has 128 valence electrons. The lowest BCUT2D eigenvalue weighted by atomic mass is 10.1. The van der Waals surface area contributed by atoms with Gasteiger partial charge in [0.1, 0.15) is 22.6 Å². The van der Waals surface area contributed by atoms with E-state index < -0.39 is 0 Å². The van der Waals surface area contributed by atoms with Crippen molar-refractivity contribution in [3.63, 3.8) is 0 Å². The van der Waals surface area contributed by atoms with Crippen molar-refractivity contribution in [3.8, 4) is 5.69 Å². The molecule has 0 saturated heterocycles. The number of anilines is 1. The molecule has 2 aromatic heterocycles. The summed E-state index contributed by atoms with van der Waals surface area (Å²) < 4.78 is 2.06. The standard InChI is InChI=1S/C19H20ClN5/c1-12(22-18-11-17(20)23-19(24-18)15-3-4-15)14-5-7-16(8-6-14)25-10-9-21-13(25)2/h5-12,15H,3-4H2,1-2H3,(H,22,23,24). The van der Waals surface area contributed by atoms with E-state index in [1.54, 1.807) is 6.07 Å². The molecular weight excluding hydrogens is 334 g/mol. The summed E-state index contributed by atoms with van der Waals surface area (Å²) in [7, 11) is 0. The highest BCUT2D eigenvalue weighted by molar-refractivity contribution is 6.29. The van der Waals surface area contributed by atoms with Crippen LogP contribution in [0.1, 0.15) is 48.9 Å². The van der Waals surface area contributed by atoms with Crippen LogP contribution in [0.2, 0.25) is 5.15 Å². The van der Waals surface area contributed by atoms with Crippen LogP contribution < -0.4 is 5.32 Å². The molecule has 1 aromatic carbocycles. The third kappa shape index (κ3) is 3.51. The summed E-state index contributed by atoms with van der Waals surface area (Å²) in [5.41, 5.74) is 2.29. The van der Waals surface area contributed by atoms with Crippen molar-refractivity contribution in [2.75, 3.05) is 5.32 Å². The summed E-state index contributed by atoms with van der Waals surface area (Å²) in [4.78, 5) is 13.2. The molecule has 0 bridgehead atoms. The minimum absolute atomic E-state index is 0.121. The van der Waals surface area contributed by atoms with Crippen molar-refractivity contribution in [2.24, 2.45) is 0 Å².